The standard InChI is InChI=1S/C76H116O42/c1-29-70(118-53(86)16-7-30-3-10-34(77)11-4-30)64(97)69(102)72(108-29)107-28-49-59(92)63(96)68(101)76(117-49)113-45-23-36-40(21-35(78)22-41(36)110-73-65(98)60(93)58(91)48(114-73)27-106-54(87)24-50(82)83)109-71(45)33-19-43(111-74-66(99)61(94)56(89)46(115-74)25-104-51(84)14-8-31-5-12-37(79)39(81)17-31)55(88)44(20-33)112-75-67(100)62(95)57(90)47(116-75)26-105-52(85)15-9-32-6-13-38(80)42(18-32)103-2/h7-9,14-16,29-49,55-81,88-102H,3-6,10-13,17-28H2,1-2H3,(H,82,83)/p+1. The maximum Gasteiger partial charge on any atom is 0.330 e. The van der Waals surface area contributed by atoms with E-state index in [-0.39, 0.29) is 49.9 Å². The lowest BCUT2D eigenvalue weighted by atomic mass is 9.71. The lowest BCUT2D eigenvalue weighted by molar-refractivity contribution is -0.375. The summed E-state index contributed by atoms with van der Waals surface area (Å²) < 4.78 is 93.8. The van der Waals surface area contributed by atoms with Crippen LogP contribution in [0.2, 0.25) is 0 Å². The molecule has 6 saturated heterocycles. The maximum atomic E-state index is 13.2. The summed E-state index contributed by atoms with van der Waals surface area (Å²) in [6, 6.07) is 0. The van der Waals surface area contributed by atoms with E-state index in [0.717, 1.165) is 12.2 Å². The van der Waals surface area contributed by atoms with E-state index in [9.17, 15) is 126 Å². The summed E-state index contributed by atoms with van der Waals surface area (Å²) in [7, 11) is 1.44. The minimum Gasteiger partial charge on any atom is -0.481 e. The second kappa shape index (κ2) is 42.3. The van der Waals surface area contributed by atoms with Gasteiger partial charge >= 0.3 is 29.8 Å². The second-order valence-corrected chi connectivity index (χ2v) is 32.9. The van der Waals surface area contributed by atoms with Crippen molar-refractivity contribution >= 4 is 29.8 Å². The molecule has 42 heteroatoms. The fourth-order valence-electron chi connectivity index (χ4n) is 17.6. The third-order valence-electron chi connectivity index (χ3n) is 24.6. The van der Waals surface area contributed by atoms with Gasteiger partial charge in [0, 0.05) is 44.1 Å². The van der Waals surface area contributed by atoms with Crippen LogP contribution in [0.4, 0.5) is 0 Å². The smallest absolute Gasteiger partial charge is 0.330 e. The normalized spacial score (nSPS) is 47.3. The van der Waals surface area contributed by atoms with Crippen molar-refractivity contribution in [2.45, 2.75) is 343 Å². The highest BCUT2D eigenvalue weighted by Gasteiger charge is 2.60. The topological polar surface area (TPSA) is 661 Å². The number of methoxy groups -OCH3 is 1. The van der Waals surface area contributed by atoms with Crippen molar-refractivity contribution in [2.24, 2.45) is 29.6 Å². The molecule has 0 radical (unpaired) electrons. The number of hydrogen-bond acceptors (Lipinski definition) is 40. The zero-order valence-corrected chi connectivity index (χ0v) is 64.9. The number of ether oxygens (including phenoxy) is 16. The molecule has 41 atom stereocenters. The van der Waals surface area contributed by atoms with Crippen molar-refractivity contribution in [1.82, 2.24) is 0 Å². The molecule has 0 aromatic heterocycles. The van der Waals surface area contributed by atoms with E-state index < -0.39 is 320 Å². The third-order valence-corrected chi connectivity index (χ3v) is 24.6. The van der Waals surface area contributed by atoms with Crippen LogP contribution < -0.4 is 0 Å². The van der Waals surface area contributed by atoms with Crippen LogP contribution in [-0.4, -0.2) is 408 Å². The van der Waals surface area contributed by atoms with E-state index in [2.05, 4.69) is 0 Å². The summed E-state index contributed by atoms with van der Waals surface area (Å²) in [5.41, 5.74) is 0. The Morgan fingerprint density at radius 3 is 1.32 bits per heavy atom. The number of carbonyl (C=O) groups is 5. The van der Waals surface area contributed by atoms with Crippen LogP contribution in [0.15, 0.2) is 36.5 Å². The molecule has 118 heavy (non-hydrogen) atoms. The van der Waals surface area contributed by atoms with Gasteiger partial charge in [0.15, 0.2) is 49.8 Å². The van der Waals surface area contributed by atoms with Gasteiger partial charge in [-0.25, -0.2) is 14.4 Å². The number of aliphatic carboxylic acids is 1. The minimum absolute atomic E-state index is 0.0222. The molecule has 5 saturated carbocycles. The number of hydrogen-bond donors (Lipinski definition) is 21. The molecule has 0 spiro atoms. The molecule has 0 aromatic carbocycles. The number of allylic oxidation sites excluding steroid dienone is 3. The molecule has 11 rings (SSSR count). The predicted molar refractivity (Wildman–Crippen MR) is 384 cm³/mol. The fourth-order valence-corrected chi connectivity index (χ4v) is 17.6. The molecule has 6 heterocycles. The summed E-state index contributed by atoms with van der Waals surface area (Å²) in [6.07, 6.45) is -54.1. The Hall–Kier alpha value is -4.71. The Bertz CT molecular complexity index is 3310. The van der Waals surface area contributed by atoms with Crippen molar-refractivity contribution < 1.29 is 207 Å². The average Bonchev–Trinajstić information content (AvgIpc) is 0.770. The first kappa shape index (κ1) is 94.0. The Morgan fingerprint density at radius 1 is 0.381 bits per heavy atom. The summed E-state index contributed by atoms with van der Waals surface area (Å²) in [4.78, 5) is 63.0. The highest BCUT2D eigenvalue weighted by atomic mass is 16.8. The molecule has 11 fully saturated rings. The first-order valence-electron chi connectivity index (χ1n) is 40.4. The Labute approximate surface area is 676 Å². The van der Waals surface area contributed by atoms with Crippen LogP contribution in [-0.2, 0) is 95.0 Å². The van der Waals surface area contributed by atoms with E-state index in [1.165, 1.54) is 26.2 Å². The van der Waals surface area contributed by atoms with Crippen LogP contribution in [0.1, 0.15) is 110 Å². The van der Waals surface area contributed by atoms with Crippen molar-refractivity contribution in [3.8, 4) is 0 Å². The quantitative estimate of drug-likeness (QED) is 0.0114. The van der Waals surface area contributed by atoms with Gasteiger partial charge in [-0.2, -0.15) is 0 Å². The van der Waals surface area contributed by atoms with Gasteiger partial charge in [-0.05, 0) is 108 Å². The van der Waals surface area contributed by atoms with Gasteiger partial charge in [-0.15, -0.1) is 0 Å². The van der Waals surface area contributed by atoms with Crippen molar-refractivity contribution in [3.05, 3.63) is 36.5 Å². The van der Waals surface area contributed by atoms with Gasteiger partial charge in [0.2, 0.25) is 0 Å². The van der Waals surface area contributed by atoms with Crippen molar-refractivity contribution in [3.63, 3.8) is 0 Å². The van der Waals surface area contributed by atoms with Crippen LogP contribution in [0, 0.1) is 29.6 Å². The molecule has 41 unspecified atom stereocenters. The number of esters is 4. The number of rotatable bonds is 28. The highest BCUT2D eigenvalue weighted by molar-refractivity contribution is 5.90. The molecular formula is C76H117O42+. The first-order chi connectivity index (χ1) is 56.0. The number of aliphatic hydroxyl groups is 22. The molecule has 672 valence electrons. The fraction of sp³-hybridized carbons (Fsp3) is 0.855. The lowest BCUT2D eigenvalue weighted by Gasteiger charge is -2.51. The largest absolute Gasteiger partial charge is 0.481 e. The highest BCUT2D eigenvalue weighted by Crippen LogP contribution is 2.47. The van der Waals surface area contributed by atoms with Crippen LogP contribution in [0.5, 0.6) is 0 Å². The molecule has 0 aromatic rings. The van der Waals surface area contributed by atoms with Gasteiger partial charge < -0.3 is 183 Å². The van der Waals surface area contributed by atoms with Crippen molar-refractivity contribution in [1.29, 1.82) is 0 Å². The number of fused-ring (bicyclic) bond motifs is 1. The minimum atomic E-state index is -2.18. The van der Waals surface area contributed by atoms with Crippen LogP contribution in [0.3, 0.4) is 0 Å². The Morgan fingerprint density at radius 2 is 0.822 bits per heavy atom. The molecule has 5 aliphatic carbocycles. The van der Waals surface area contributed by atoms with Crippen LogP contribution in [0.25, 0.3) is 0 Å². The molecule has 11 aliphatic rings. The van der Waals surface area contributed by atoms with Gasteiger partial charge in [0.25, 0.3) is 0 Å². The Kier molecular flexibility index (Phi) is 33.7. The molecule has 6 aliphatic heterocycles. The van der Waals surface area contributed by atoms with Gasteiger partial charge in [0.05, 0.1) is 73.6 Å². The maximum absolute atomic E-state index is 13.2. The van der Waals surface area contributed by atoms with Gasteiger partial charge in [0.1, 0.15) is 148 Å². The zero-order valence-electron chi connectivity index (χ0n) is 64.9. The van der Waals surface area contributed by atoms with E-state index in [1.54, 1.807) is 12.2 Å². The number of carbonyl (C=O) groups excluding carboxylic acids is 4. The number of carboxylic acids is 1. The third kappa shape index (κ3) is 23.4. The molecular weight excluding hydrogens is 1580 g/mol. The summed E-state index contributed by atoms with van der Waals surface area (Å²) >= 11 is 0. The summed E-state index contributed by atoms with van der Waals surface area (Å²) in [6.45, 7) is -1.83. The van der Waals surface area contributed by atoms with E-state index >= 15 is 0 Å². The SMILES string of the molecule is COC1CC(C=CC(=O)OCC2OC(OC3CC(C4[OH+]C5CC(O)CC(OC6OC(COC(=O)CC(=O)O)C(O)C(O)C6O)C5CC4OC4OC(COC5OC(C)C(OC(=O)C=CC6CCC(O)CC6)C(O)C5O)C(O)C(O)C4O)CC(OC4OC(COC(=O)C=CC5CCC(O)C(O)C5)C(O)C(O)C4O)C3O)C(O)C(O)C2O)CCC1O. The molecule has 42 nitrogen and oxygen atoms in total. The second-order valence-electron chi connectivity index (χ2n) is 32.9. The first-order valence-corrected chi connectivity index (χ1v) is 40.4. The number of aliphatic hydroxyl groups excluding tert-OH is 20. The van der Waals surface area contributed by atoms with Gasteiger partial charge in [-0.3, -0.25) is 9.59 Å². The predicted octanol–water partition coefficient (Wildman–Crippen LogP) is -8.61. The van der Waals surface area contributed by atoms with Gasteiger partial charge in [-0.1, -0.05) is 18.2 Å². The average molecular weight is 1700 g/mol. The monoisotopic (exact) mass is 1700 g/mol. The van der Waals surface area contributed by atoms with Crippen molar-refractivity contribution in [2.75, 3.05) is 33.5 Å². The molecule has 0 bridgehead atoms. The van der Waals surface area contributed by atoms with E-state index in [0.29, 0.717) is 51.4 Å². The van der Waals surface area contributed by atoms with Crippen LogP contribution >= 0.6 is 0 Å². The Balaban J connectivity index is 0.874. The number of carboxylic acid groups (broad SMARTS) is 1. The van der Waals surface area contributed by atoms with E-state index in [1.807, 2.05) is 0 Å². The summed E-state index contributed by atoms with van der Waals surface area (Å²) in [5, 5.41) is 234. The molecule has 0 amide bonds. The zero-order chi connectivity index (χ0) is 85.4. The van der Waals surface area contributed by atoms with E-state index in [4.69, 9.17) is 80.9 Å². The lowest BCUT2D eigenvalue weighted by Crippen LogP contribution is -2.65. The molecule has 22 N–H and O–H groups in total. The summed E-state index contributed by atoms with van der Waals surface area (Å²) in [5.74, 6) is -8.34.